The molecule has 0 aromatic rings. The third kappa shape index (κ3) is 3.05. The Morgan fingerprint density at radius 1 is 1.33 bits per heavy atom. The van der Waals surface area contributed by atoms with Crippen LogP contribution < -0.4 is 5.32 Å². The Morgan fingerprint density at radius 3 is 2.61 bits per heavy atom. The van der Waals surface area contributed by atoms with Gasteiger partial charge >= 0.3 is 0 Å². The molecule has 0 amide bonds. The number of rotatable bonds is 4. The summed E-state index contributed by atoms with van der Waals surface area (Å²) in [5.41, 5.74) is -0.0407. The fourth-order valence-electron chi connectivity index (χ4n) is 3.57. The van der Waals surface area contributed by atoms with Crippen molar-refractivity contribution in [2.75, 3.05) is 33.9 Å². The molecular formula is C14H28N2O2. The van der Waals surface area contributed by atoms with Crippen LogP contribution in [0.3, 0.4) is 0 Å². The maximum absolute atomic E-state index is 9.64. The van der Waals surface area contributed by atoms with Crippen LogP contribution in [0.15, 0.2) is 0 Å². The Bertz CT molecular complexity index is 248. The topological polar surface area (TPSA) is 44.7 Å². The zero-order valence-electron chi connectivity index (χ0n) is 11.8. The number of piperidine rings is 1. The van der Waals surface area contributed by atoms with Gasteiger partial charge in [-0.1, -0.05) is 0 Å². The van der Waals surface area contributed by atoms with Crippen LogP contribution in [0.2, 0.25) is 0 Å². The van der Waals surface area contributed by atoms with E-state index >= 15 is 0 Å². The Kier molecular flexibility index (Phi) is 5.01. The number of likely N-dealkylation sites (tertiary alicyclic amines) is 1. The molecule has 18 heavy (non-hydrogen) atoms. The van der Waals surface area contributed by atoms with E-state index in [4.69, 9.17) is 4.74 Å². The van der Waals surface area contributed by atoms with Crippen LogP contribution in [0.5, 0.6) is 0 Å². The average molecular weight is 256 g/mol. The highest BCUT2D eigenvalue weighted by Gasteiger charge is 2.37. The summed E-state index contributed by atoms with van der Waals surface area (Å²) in [6, 6.07) is 0.635. The van der Waals surface area contributed by atoms with Crippen LogP contribution in [0.25, 0.3) is 0 Å². The van der Waals surface area contributed by atoms with E-state index in [1.165, 1.54) is 12.8 Å². The summed E-state index contributed by atoms with van der Waals surface area (Å²) >= 11 is 0. The molecule has 106 valence electrons. The molecule has 0 aromatic heterocycles. The molecule has 1 saturated carbocycles. The third-order valence-corrected chi connectivity index (χ3v) is 4.98. The van der Waals surface area contributed by atoms with E-state index in [0.717, 1.165) is 38.8 Å². The predicted octanol–water partition coefficient (Wildman–Crippen LogP) is 0.990. The lowest BCUT2D eigenvalue weighted by molar-refractivity contribution is 0.00465. The van der Waals surface area contributed by atoms with Gasteiger partial charge in [0.15, 0.2) is 0 Å². The molecule has 0 aromatic carbocycles. The first-order valence-corrected chi connectivity index (χ1v) is 7.29. The minimum Gasteiger partial charge on any atom is -0.394 e. The Morgan fingerprint density at radius 2 is 2.06 bits per heavy atom. The summed E-state index contributed by atoms with van der Waals surface area (Å²) in [4.78, 5) is 2.61. The molecule has 4 heteroatoms. The second kappa shape index (κ2) is 6.33. The van der Waals surface area contributed by atoms with Gasteiger partial charge in [-0.15, -0.1) is 0 Å². The molecule has 0 spiro atoms. The molecule has 0 bridgehead atoms. The molecule has 2 aliphatic rings. The average Bonchev–Trinajstić information content (AvgIpc) is 2.47. The first kappa shape index (κ1) is 14.3. The molecule has 2 unspecified atom stereocenters. The first-order chi connectivity index (χ1) is 8.73. The minimum atomic E-state index is -0.0407. The molecule has 1 aliphatic carbocycles. The molecule has 2 fully saturated rings. The van der Waals surface area contributed by atoms with E-state index in [1.54, 1.807) is 0 Å². The van der Waals surface area contributed by atoms with Gasteiger partial charge in [0.25, 0.3) is 0 Å². The van der Waals surface area contributed by atoms with E-state index < -0.39 is 0 Å². The van der Waals surface area contributed by atoms with Gasteiger partial charge in [-0.25, -0.2) is 0 Å². The maximum atomic E-state index is 9.64. The smallest absolute Gasteiger partial charge is 0.0613 e. The fourth-order valence-corrected chi connectivity index (χ4v) is 3.57. The number of ether oxygens (including phenoxy) is 1. The van der Waals surface area contributed by atoms with Gasteiger partial charge in [0, 0.05) is 31.8 Å². The van der Waals surface area contributed by atoms with Gasteiger partial charge < -0.3 is 20.1 Å². The van der Waals surface area contributed by atoms with E-state index in [0.29, 0.717) is 12.1 Å². The van der Waals surface area contributed by atoms with Crippen molar-refractivity contribution in [3.05, 3.63) is 0 Å². The number of nitrogens with zero attached hydrogens (tertiary/aromatic N) is 1. The van der Waals surface area contributed by atoms with Crippen molar-refractivity contribution in [1.82, 2.24) is 10.2 Å². The van der Waals surface area contributed by atoms with E-state index in [2.05, 4.69) is 10.2 Å². The Hall–Kier alpha value is -0.160. The molecule has 1 heterocycles. The van der Waals surface area contributed by atoms with Crippen LogP contribution in [-0.2, 0) is 4.74 Å². The fraction of sp³-hybridized carbons (Fsp3) is 1.00. The minimum absolute atomic E-state index is 0.0407. The SMILES string of the molecule is CNC1(CO)CCCC(N2CCC(OC)CC2)C1. The van der Waals surface area contributed by atoms with Crippen LogP contribution in [0.4, 0.5) is 0 Å². The number of hydrogen-bond acceptors (Lipinski definition) is 4. The summed E-state index contributed by atoms with van der Waals surface area (Å²) in [6.07, 6.45) is 7.44. The van der Waals surface area contributed by atoms with Gasteiger partial charge in [0.2, 0.25) is 0 Å². The monoisotopic (exact) mass is 256 g/mol. The van der Waals surface area contributed by atoms with Gasteiger partial charge in [0.05, 0.1) is 12.7 Å². The summed E-state index contributed by atoms with van der Waals surface area (Å²) in [6.45, 7) is 2.55. The van der Waals surface area contributed by atoms with Crippen LogP contribution in [-0.4, -0.2) is 61.5 Å². The summed E-state index contributed by atoms with van der Waals surface area (Å²) < 4.78 is 5.43. The van der Waals surface area contributed by atoms with E-state index in [9.17, 15) is 5.11 Å². The normalized spacial score (nSPS) is 35.8. The number of methoxy groups -OCH3 is 1. The van der Waals surface area contributed by atoms with Gasteiger partial charge in [0.1, 0.15) is 0 Å². The largest absolute Gasteiger partial charge is 0.394 e. The van der Waals surface area contributed by atoms with Crippen LogP contribution >= 0.6 is 0 Å². The Balaban J connectivity index is 1.89. The Labute approximate surface area is 111 Å². The lowest BCUT2D eigenvalue weighted by Gasteiger charge is -2.45. The summed E-state index contributed by atoms with van der Waals surface area (Å²) in [5.74, 6) is 0. The molecular weight excluding hydrogens is 228 g/mol. The molecule has 2 atom stereocenters. The predicted molar refractivity (Wildman–Crippen MR) is 72.7 cm³/mol. The van der Waals surface area contributed by atoms with Crippen LogP contribution in [0, 0.1) is 0 Å². The van der Waals surface area contributed by atoms with Crippen molar-refractivity contribution in [3.8, 4) is 0 Å². The van der Waals surface area contributed by atoms with Crippen molar-refractivity contribution >= 4 is 0 Å². The van der Waals surface area contributed by atoms with E-state index in [1.807, 2.05) is 14.2 Å². The number of likely N-dealkylation sites (N-methyl/N-ethyl adjacent to an activating group) is 1. The molecule has 0 radical (unpaired) electrons. The first-order valence-electron chi connectivity index (χ1n) is 7.29. The molecule has 4 nitrogen and oxygen atoms in total. The second-order valence-corrected chi connectivity index (χ2v) is 5.91. The summed E-state index contributed by atoms with van der Waals surface area (Å²) in [7, 11) is 3.80. The standard InChI is InChI=1S/C14H28N2O2/c1-15-14(11-17)7-3-4-12(10-14)16-8-5-13(18-2)6-9-16/h12-13,15,17H,3-11H2,1-2H3. The number of aliphatic hydroxyl groups excluding tert-OH is 1. The number of nitrogens with one attached hydrogen (secondary N) is 1. The van der Waals surface area contributed by atoms with Crippen molar-refractivity contribution in [1.29, 1.82) is 0 Å². The van der Waals surface area contributed by atoms with Crippen molar-refractivity contribution < 1.29 is 9.84 Å². The zero-order chi connectivity index (χ0) is 13.0. The van der Waals surface area contributed by atoms with Crippen molar-refractivity contribution in [2.24, 2.45) is 0 Å². The number of hydrogen-bond donors (Lipinski definition) is 2. The molecule has 2 N–H and O–H groups in total. The quantitative estimate of drug-likeness (QED) is 0.787. The number of aliphatic hydroxyl groups is 1. The highest BCUT2D eigenvalue weighted by atomic mass is 16.5. The van der Waals surface area contributed by atoms with Crippen molar-refractivity contribution in [2.45, 2.75) is 56.2 Å². The van der Waals surface area contributed by atoms with Gasteiger partial charge in [-0.3, -0.25) is 0 Å². The zero-order valence-corrected chi connectivity index (χ0v) is 11.8. The molecule has 1 aliphatic heterocycles. The lowest BCUT2D eigenvalue weighted by atomic mass is 9.78. The van der Waals surface area contributed by atoms with Gasteiger partial charge in [-0.05, 0) is 45.6 Å². The molecule has 1 saturated heterocycles. The second-order valence-electron chi connectivity index (χ2n) is 5.91. The van der Waals surface area contributed by atoms with Crippen molar-refractivity contribution in [3.63, 3.8) is 0 Å². The molecule has 2 rings (SSSR count). The third-order valence-electron chi connectivity index (χ3n) is 4.98. The maximum Gasteiger partial charge on any atom is 0.0613 e. The highest BCUT2D eigenvalue weighted by molar-refractivity contribution is 4.96. The van der Waals surface area contributed by atoms with Gasteiger partial charge in [-0.2, -0.15) is 0 Å². The van der Waals surface area contributed by atoms with E-state index in [-0.39, 0.29) is 12.1 Å². The lowest BCUT2D eigenvalue weighted by Crippen LogP contribution is -2.55. The summed E-state index contributed by atoms with van der Waals surface area (Å²) in [5, 5.41) is 13.0. The highest BCUT2D eigenvalue weighted by Crippen LogP contribution is 2.32. The van der Waals surface area contributed by atoms with Crippen LogP contribution in [0.1, 0.15) is 38.5 Å².